The first-order valence-corrected chi connectivity index (χ1v) is 12.3. The van der Waals surface area contributed by atoms with Crippen LogP contribution >= 0.6 is 0 Å². The summed E-state index contributed by atoms with van der Waals surface area (Å²) in [6, 6.07) is 18.6. The summed E-state index contributed by atoms with van der Waals surface area (Å²) < 4.78 is 11.7. The zero-order chi connectivity index (χ0) is 24.2. The predicted molar refractivity (Wildman–Crippen MR) is 134 cm³/mol. The highest BCUT2D eigenvalue weighted by Gasteiger charge is 2.56. The Hall–Kier alpha value is -3.02. The van der Waals surface area contributed by atoms with Crippen LogP contribution in [-0.2, 0) is 9.47 Å². The summed E-state index contributed by atoms with van der Waals surface area (Å²) in [5, 5.41) is 5.62. The van der Waals surface area contributed by atoms with Crippen molar-refractivity contribution in [2.45, 2.75) is 59.0 Å². The molecule has 2 amide bonds. The monoisotopic (exact) mass is 464 g/mol. The standard InChI is InChI=1S/C28H36N2O4/c1-27(2)17-10-18-28(3)22(19-33-25(31)29-20-11-6-4-7-12-20)23(15-16-24(27)28)34-26(32)30-21-13-8-5-9-14-21/h4-9,11-14,22-24H,10,15-19H2,1-3H3,(H,29,31)(H,30,32)/t22-,23+,24-,28+/m0/s1. The zero-order valence-corrected chi connectivity index (χ0v) is 20.4. The smallest absolute Gasteiger partial charge is 0.411 e. The van der Waals surface area contributed by atoms with Gasteiger partial charge in [-0.15, -0.1) is 0 Å². The Morgan fingerprint density at radius 3 is 2.06 bits per heavy atom. The highest BCUT2D eigenvalue weighted by Crippen LogP contribution is 2.60. The minimum Gasteiger partial charge on any atom is -0.449 e. The van der Waals surface area contributed by atoms with Crippen LogP contribution in [-0.4, -0.2) is 24.9 Å². The summed E-state index contributed by atoms with van der Waals surface area (Å²) in [4.78, 5) is 25.3. The molecule has 2 aromatic rings. The normalized spacial score (nSPS) is 27.7. The van der Waals surface area contributed by atoms with Crippen molar-refractivity contribution in [1.29, 1.82) is 0 Å². The molecule has 0 bridgehead atoms. The first kappa shape index (κ1) is 24.1. The van der Waals surface area contributed by atoms with E-state index in [0.29, 0.717) is 17.3 Å². The van der Waals surface area contributed by atoms with Crippen molar-refractivity contribution in [3.8, 4) is 0 Å². The predicted octanol–water partition coefficient (Wildman–Crippen LogP) is 7.10. The summed E-state index contributed by atoms with van der Waals surface area (Å²) in [7, 11) is 0. The Labute approximate surface area is 202 Å². The van der Waals surface area contributed by atoms with Gasteiger partial charge in [-0.1, -0.05) is 63.6 Å². The molecule has 182 valence electrons. The van der Waals surface area contributed by atoms with E-state index in [-0.39, 0.29) is 29.5 Å². The van der Waals surface area contributed by atoms with Crippen molar-refractivity contribution < 1.29 is 19.1 Å². The highest BCUT2D eigenvalue weighted by atomic mass is 16.6. The number of nitrogens with one attached hydrogen (secondary N) is 2. The van der Waals surface area contributed by atoms with Gasteiger partial charge in [0.05, 0.1) is 0 Å². The van der Waals surface area contributed by atoms with E-state index in [2.05, 4.69) is 31.4 Å². The van der Waals surface area contributed by atoms with Gasteiger partial charge < -0.3 is 9.47 Å². The number of benzene rings is 2. The number of ether oxygens (including phenoxy) is 2. The molecule has 0 unspecified atom stereocenters. The summed E-state index contributed by atoms with van der Waals surface area (Å²) in [6.45, 7) is 7.20. The molecule has 34 heavy (non-hydrogen) atoms. The van der Waals surface area contributed by atoms with Crippen molar-refractivity contribution in [2.24, 2.45) is 22.7 Å². The number of para-hydroxylation sites is 2. The summed E-state index contributed by atoms with van der Waals surface area (Å²) in [5.74, 6) is 0.408. The number of carbonyl (C=O) groups excluding carboxylic acids is 2. The van der Waals surface area contributed by atoms with E-state index in [1.807, 2.05) is 60.7 Å². The van der Waals surface area contributed by atoms with Crippen LogP contribution < -0.4 is 10.6 Å². The molecule has 2 fully saturated rings. The number of carbonyl (C=O) groups is 2. The van der Waals surface area contributed by atoms with Crippen molar-refractivity contribution in [3.63, 3.8) is 0 Å². The van der Waals surface area contributed by atoms with E-state index in [1.54, 1.807) is 0 Å². The molecule has 4 rings (SSSR count). The van der Waals surface area contributed by atoms with Crippen LogP contribution in [0.15, 0.2) is 60.7 Å². The number of amides is 2. The average Bonchev–Trinajstić information content (AvgIpc) is 2.79. The fraction of sp³-hybridized carbons (Fsp3) is 0.500. The van der Waals surface area contributed by atoms with Crippen LogP contribution in [0, 0.1) is 22.7 Å². The van der Waals surface area contributed by atoms with E-state index in [4.69, 9.17) is 9.47 Å². The van der Waals surface area contributed by atoms with Crippen molar-refractivity contribution in [1.82, 2.24) is 0 Å². The number of hydrogen-bond acceptors (Lipinski definition) is 4. The largest absolute Gasteiger partial charge is 0.449 e. The van der Waals surface area contributed by atoms with Gasteiger partial charge in [0, 0.05) is 17.3 Å². The van der Waals surface area contributed by atoms with Gasteiger partial charge >= 0.3 is 12.2 Å². The number of hydrogen-bond donors (Lipinski definition) is 2. The molecule has 6 heteroatoms. The molecule has 0 aliphatic heterocycles. The minimum atomic E-state index is -0.487. The van der Waals surface area contributed by atoms with Gasteiger partial charge in [0.2, 0.25) is 0 Å². The minimum absolute atomic E-state index is 0.0751. The molecule has 0 heterocycles. The van der Waals surface area contributed by atoms with Gasteiger partial charge in [0.25, 0.3) is 0 Å². The SMILES string of the molecule is CC1(C)CCC[C@]2(C)[C@@H](COC(=O)Nc3ccccc3)[C@H](OC(=O)Nc3ccccc3)CC[C@@H]12. The van der Waals surface area contributed by atoms with Crippen LogP contribution in [0.25, 0.3) is 0 Å². The fourth-order valence-electron chi connectivity index (χ4n) is 6.37. The van der Waals surface area contributed by atoms with Crippen LogP contribution in [0.2, 0.25) is 0 Å². The van der Waals surface area contributed by atoms with Crippen molar-refractivity contribution >= 4 is 23.6 Å². The van der Waals surface area contributed by atoms with E-state index in [0.717, 1.165) is 25.7 Å². The van der Waals surface area contributed by atoms with Crippen molar-refractivity contribution in [2.75, 3.05) is 17.2 Å². The Bertz CT molecular complexity index is 978. The van der Waals surface area contributed by atoms with E-state index in [9.17, 15) is 9.59 Å². The number of rotatable bonds is 5. The summed E-state index contributed by atoms with van der Waals surface area (Å²) >= 11 is 0. The van der Waals surface area contributed by atoms with E-state index in [1.165, 1.54) is 6.42 Å². The highest BCUT2D eigenvalue weighted by molar-refractivity contribution is 5.85. The zero-order valence-electron chi connectivity index (χ0n) is 20.4. The number of fused-ring (bicyclic) bond motifs is 1. The van der Waals surface area contributed by atoms with E-state index >= 15 is 0 Å². The topological polar surface area (TPSA) is 76.7 Å². The van der Waals surface area contributed by atoms with E-state index < -0.39 is 12.2 Å². The summed E-state index contributed by atoms with van der Waals surface area (Å²) in [6.07, 6.45) is 3.84. The molecule has 2 aliphatic rings. The lowest BCUT2D eigenvalue weighted by Gasteiger charge is -2.58. The molecule has 2 saturated carbocycles. The lowest BCUT2D eigenvalue weighted by atomic mass is 9.48. The second kappa shape index (κ2) is 10.1. The summed E-state index contributed by atoms with van der Waals surface area (Å²) in [5.41, 5.74) is 1.51. The molecule has 2 aromatic carbocycles. The maximum atomic E-state index is 12.7. The molecule has 6 nitrogen and oxygen atoms in total. The molecule has 4 atom stereocenters. The molecular formula is C28H36N2O4. The van der Waals surface area contributed by atoms with Crippen LogP contribution in [0.3, 0.4) is 0 Å². The van der Waals surface area contributed by atoms with Gasteiger partial charge in [-0.2, -0.15) is 0 Å². The molecule has 0 saturated heterocycles. The third-order valence-electron chi connectivity index (χ3n) is 8.00. The molecule has 0 radical (unpaired) electrons. The molecule has 0 spiro atoms. The second-order valence-corrected chi connectivity index (χ2v) is 10.6. The molecule has 2 N–H and O–H groups in total. The van der Waals surface area contributed by atoms with Crippen LogP contribution in [0.1, 0.15) is 52.9 Å². The third-order valence-corrected chi connectivity index (χ3v) is 8.00. The lowest BCUT2D eigenvalue weighted by Crippen LogP contribution is -2.55. The average molecular weight is 465 g/mol. The van der Waals surface area contributed by atoms with Crippen LogP contribution in [0.5, 0.6) is 0 Å². The first-order valence-electron chi connectivity index (χ1n) is 12.3. The second-order valence-electron chi connectivity index (χ2n) is 10.6. The van der Waals surface area contributed by atoms with Gasteiger partial charge in [-0.3, -0.25) is 10.6 Å². The van der Waals surface area contributed by atoms with Gasteiger partial charge in [-0.05, 0) is 66.7 Å². The Kier molecular flexibility index (Phi) is 7.15. The molecular weight excluding hydrogens is 428 g/mol. The van der Waals surface area contributed by atoms with Gasteiger partial charge in [-0.25, -0.2) is 9.59 Å². The Balaban J connectivity index is 1.48. The van der Waals surface area contributed by atoms with Crippen molar-refractivity contribution in [3.05, 3.63) is 60.7 Å². The maximum Gasteiger partial charge on any atom is 0.411 e. The lowest BCUT2D eigenvalue weighted by molar-refractivity contribution is -0.136. The molecule has 2 aliphatic carbocycles. The van der Waals surface area contributed by atoms with Crippen LogP contribution in [0.4, 0.5) is 21.0 Å². The van der Waals surface area contributed by atoms with Gasteiger partial charge in [0.1, 0.15) is 12.7 Å². The fourth-order valence-corrected chi connectivity index (χ4v) is 6.37. The maximum absolute atomic E-state index is 12.7. The van der Waals surface area contributed by atoms with Gasteiger partial charge in [0.15, 0.2) is 0 Å². The Morgan fingerprint density at radius 1 is 0.853 bits per heavy atom. The molecule has 0 aromatic heterocycles. The number of anilines is 2. The quantitative estimate of drug-likeness (QED) is 0.495. The first-order chi connectivity index (χ1) is 16.3. The Morgan fingerprint density at radius 2 is 1.44 bits per heavy atom. The third kappa shape index (κ3) is 5.37.